The molecule has 0 saturated carbocycles. The number of fused-ring (bicyclic) bond motifs is 12. The molecule has 0 saturated heterocycles. The van der Waals surface area contributed by atoms with Crippen molar-refractivity contribution in [2.24, 2.45) is 0 Å². The lowest BCUT2D eigenvalue weighted by molar-refractivity contribution is 1.01. The van der Waals surface area contributed by atoms with Gasteiger partial charge in [0.05, 0.1) is 33.3 Å². The predicted molar refractivity (Wildman–Crippen MR) is 232 cm³/mol. The molecule has 3 heterocycles. The molecule has 260 valence electrons. The SMILES string of the molecule is c1ccc(-c2nc(-n3c4ccccc4c4c5c(ccc43)c3ccccc3c3cc4c(cc35)nc(-c3ccccc3)n4-c3ccccc3)nc3ccccc23)cc1. The van der Waals surface area contributed by atoms with Crippen molar-refractivity contribution in [1.82, 2.24) is 24.1 Å². The van der Waals surface area contributed by atoms with Crippen LogP contribution < -0.4 is 0 Å². The highest BCUT2D eigenvalue weighted by Gasteiger charge is 2.23. The second-order valence-electron chi connectivity index (χ2n) is 14.4. The van der Waals surface area contributed by atoms with Crippen LogP contribution in [-0.2, 0) is 0 Å². The van der Waals surface area contributed by atoms with E-state index in [1.807, 2.05) is 12.1 Å². The Bertz CT molecular complexity index is 3510. The molecule has 0 spiro atoms. The van der Waals surface area contributed by atoms with Crippen molar-refractivity contribution < 1.29 is 0 Å². The fraction of sp³-hybridized carbons (Fsp3) is 0. The number of hydrogen-bond acceptors (Lipinski definition) is 3. The Morgan fingerprint density at radius 3 is 1.71 bits per heavy atom. The zero-order valence-corrected chi connectivity index (χ0v) is 30.1. The molecule has 0 bridgehead atoms. The first-order valence-corrected chi connectivity index (χ1v) is 19.0. The van der Waals surface area contributed by atoms with Gasteiger partial charge in [0.15, 0.2) is 0 Å². The Hall–Kier alpha value is -7.63. The first-order valence-electron chi connectivity index (χ1n) is 19.0. The van der Waals surface area contributed by atoms with Crippen LogP contribution in [0.3, 0.4) is 0 Å². The standard InChI is InChI=1S/C51H31N5/c1-4-16-32(17-5-1)49-38-24-12-14-26-42(38)53-51(54-49)56-44-27-15-13-25-39(44)48-45(56)29-28-37-35-22-10-11-23-36(35)40-31-46-43(30-41(40)47(37)48)52-50(33-18-6-2-7-19-33)55(46)34-20-8-3-9-21-34/h1-31H. The van der Waals surface area contributed by atoms with E-state index in [9.17, 15) is 0 Å². The van der Waals surface area contributed by atoms with E-state index in [4.69, 9.17) is 15.0 Å². The summed E-state index contributed by atoms with van der Waals surface area (Å²) in [6, 6.07) is 66.5. The molecule has 0 unspecified atom stereocenters. The number of aromatic nitrogens is 5. The lowest BCUT2D eigenvalue weighted by Crippen LogP contribution is -2.03. The van der Waals surface area contributed by atoms with Crippen molar-refractivity contribution >= 4 is 76.1 Å². The normalized spacial score (nSPS) is 11.9. The largest absolute Gasteiger partial charge is 0.292 e. The van der Waals surface area contributed by atoms with Crippen molar-refractivity contribution in [2.75, 3.05) is 0 Å². The smallest absolute Gasteiger partial charge is 0.235 e. The number of rotatable bonds is 4. The molecule has 5 heteroatoms. The van der Waals surface area contributed by atoms with Crippen LogP contribution in [0.5, 0.6) is 0 Å². The molecular formula is C51H31N5. The summed E-state index contributed by atoms with van der Waals surface area (Å²) in [6.45, 7) is 0. The third-order valence-corrected chi connectivity index (χ3v) is 11.3. The van der Waals surface area contributed by atoms with Crippen molar-refractivity contribution in [2.45, 2.75) is 0 Å². The van der Waals surface area contributed by atoms with Gasteiger partial charge in [0, 0.05) is 38.4 Å². The molecular weight excluding hydrogens is 683 g/mol. The fourth-order valence-electron chi connectivity index (χ4n) is 8.89. The predicted octanol–water partition coefficient (Wildman–Crippen LogP) is 12.9. The molecule has 0 aliphatic carbocycles. The Morgan fingerprint density at radius 2 is 0.946 bits per heavy atom. The Labute approximate surface area is 321 Å². The Kier molecular flexibility index (Phi) is 6.56. The highest BCUT2D eigenvalue weighted by Crippen LogP contribution is 2.45. The molecule has 5 nitrogen and oxygen atoms in total. The van der Waals surface area contributed by atoms with Gasteiger partial charge < -0.3 is 0 Å². The summed E-state index contributed by atoms with van der Waals surface area (Å²) in [5, 5.41) is 10.6. The van der Waals surface area contributed by atoms with Crippen LogP contribution in [0.2, 0.25) is 0 Å². The first-order chi connectivity index (χ1) is 27.8. The van der Waals surface area contributed by atoms with Crippen LogP contribution in [0.4, 0.5) is 0 Å². The lowest BCUT2D eigenvalue weighted by atomic mass is 9.91. The van der Waals surface area contributed by atoms with E-state index in [-0.39, 0.29) is 0 Å². The zero-order valence-electron chi connectivity index (χ0n) is 30.1. The van der Waals surface area contributed by atoms with Gasteiger partial charge in [-0.2, -0.15) is 0 Å². The van der Waals surface area contributed by atoms with Gasteiger partial charge in [-0.3, -0.25) is 9.13 Å². The summed E-state index contributed by atoms with van der Waals surface area (Å²) in [7, 11) is 0. The van der Waals surface area contributed by atoms with Crippen molar-refractivity contribution in [3.05, 3.63) is 188 Å². The summed E-state index contributed by atoms with van der Waals surface area (Å²) in [5.74, 6) is 1.56. The second kappa shape index (κ2) is 11.9. The number of nitrogens with zero attached hydrogens (tertiary/aromatic N) is 5. The molecule has 0 aliphatic heterocycles. The van der Waals surface area contributed by atoms with Gasteiger partial charge in [0.25, 0.3) is 0 Å². The second-order valence-corrected chi connectivity index (χ2v) is 14.4. The minimum Gasteiger partial charge on any atom is -0.292 e. The summed E-state index contributed by atoms with van der Waals surface area (Å²) in [6.07, 6.45) is 0. The van der Waals surface area contributed by atoms with Crippen molar-refractivity contribution in [3.8, 4) is 34.3 Å². The van der Waals surface area contributed by atoms with E-state index in [1.165, 1.54) is 37.7 Å². The molecule has 0 atom stereocenters. The van der Waals surface area contributed by atoms with Gasteiger partial charge in [0.2, 0.25) is 5.95 Å². The third-order valence-electron chi connectivity index (χ3n) is 11.3. The van der Waals surface area contributed by atoms with E-state index in [1.54, 1.807) is 0 Å². The monoisotopic (exact) mass is 713 g/mol. The fourth-order valence-corrected chi connectivity index (χ4v) is 8.89. The maximum absolute atomic E-state index is 5.40. The van der Waals surface area contributed by atoms with Crippen LogP contribution in [0.25, 0.3) is 110 Å². The summed E-state index contributed by atoms with van der Waals surface area (Å²) in [5.41, 5.74) is 9.17. The summed E-state index contributed by atoms with van der Waals surface area (Å²) < 4.78 is 4.55. The molecule has 3 aromatic heterocycles. The highest BCUT2D eigenvalue weighted by atomic mass is 15.2. The third kappa shape index (κ3) is 4.46. The number of benzene rings is 9. The average molecular weight is 714 g/mol. The van der Waals surface area contributed by atoms with Gasteiger partial charge in [0.1, 0.15) is 5.82 Å². The first kappa shape index (κ1) is 30.8. The van der Waals surface area contributed by atoms with Crippen LogP contribution >= 0.6 is 0 Å². The number of para-hydroxylation sites is 3. The maximum Gasteiger partial charge on any atom is 0.235 e. The topological polar surface area (TPSA) is 48.5 Å². The van der Waals surface area contributed by atoms with E-state index in [2.05, 4.69) is 185 Å². The maximum atomic E-state index is 5.40. The highest BCUT2D eigenvalue weighted by molar-refractivity contribution is 6.36. The zero-order chi connectivity index (χ0) is 36.7. The van der Waals surface area contributed by atoms with Gasteiger partial charge in [-0.1, -0.05) is 146 Å². The van der Waals surface area contributed by atoms with Gasteiger partial charge in [-0.25, -0.2) is 15.0 Å². The minimum atomic E-state index is 0.648. The van der Waals surface area contributed by atoms with E-state index in [0.717, 1.165) is 66.7 Å². The lowest BCUT2D eigenvalue weighted by Gasteiger charge is -2.14. The van der Waals surface area contributed by atoms with Crippen LogP contribution in [0.1, 0.15) is 0 Å². The molecule has 0 fully saturated rings. The molecule has 12 aromatic rings. The molecule has 9 aromatic carbocycles. The molecule has 0 radical (unpaired) electrons. The van der Waals surface area contributed by atoms with Gasteiger partial charge in [-0.05, 0) is 69.4 Å². The quantitative estimate of drug-likeness (QED) is 0.171. The minimum absolute atomic E-state index is 0.648. The van der Waals surface area contributed by atoms with Crippen LogP contribution in [0, 0.1) is 0 Å². The Balaban J connectivity index is 1.24. The van der Waals surface area contributed by atoms with Crippen LogP contribution in [0.15, 0.2) is 188 Å². The number of imidazole rings is 1. The number of hydrogen-bond donors (Lipinski definition) is 0. The van der Waals surface area contributed by atoms with Crippen LogP contribution in [-0.4, -0.2) is 24.1 Å². The average Bonchev–Trinajstić information content (AvgIpc) is 3.82. The summed E-state index contributed by atoms with van der Waals surface area (Å²) in [4.78, 5) is 16.0. The van der Waals surface area contributed by atoms with Gasteiger partial charge >= 0.3 is 0 Å². The van der Waals surface area contributed by atoms with E-state index < -0.39 is 0 Å². The molecule has 0 aliphatic rings. The molecule has 12 rings (SSSR count). The molecule has 56 heavy (non-hydrogen) atoms. The molecule has 0 N–H and O–H groups in total. The molecule has 0 amide bonds. The van der Waals surface area contributed by atoms with E-state index in [0.29, 0.717) is 5.95 Å². The van der Waals surface area contributed by atoms with Gasteiger partial charge in [-0.15, -0.1) is 0 Å². The van der Waals surface area contributed by atoms with Crippen molar-refractivity contribution in [1.29, 1.82) is 0 Å². The summed E-state index contributed by atoms with van der Waals surface area (Å²) >= 11 is 0. The van der Waals surface area contributed by atoms with E-state index >= 15 is 0 Å². The Morgan fingerprint density at radius 1 is 0.321 bits per heavy atom. The van der Waals surface area contributed by atoms with Crippen molar-refractivity contribution in [3.63, 3.8) is 0 Å².